The number of furan rings is 1. The molecule has 0 spiro atoms. The lowest BCUT2D eigenvalue weighted by molar-refractivity contribution is -0.129. The molecular weight excluding hydrogens is 435 g/mol. The molecule has 4 aromatic rings. The summed E-state index contributed by atoms with van der Waals surface area (Å²) >= 11 is 0. The number of carbonyl (C=O) groups excluding carboxylic acids is 2. The molecule has 0 saturated carbocycles. The van der Waals surface area contributed by atoms with E-state index in [4.69, 9.17) is 9.52 Å². The van der Waals surface area contributed by atoms with E-state index >= 15 is 0 Å². The van der Waals surface area contributed by atoms with Gasteiger partial charge in [0.15, 0.2) is 0 Å². The minimum atomic E-state index is -0.430. The Morgan fingerprint density at radius 3 is 2.62 bits per heavy atom. The Morgan fingerprint density at radius 1 is 1.09 bits per heavy atom. The number of nitrogens with zero attached hydrogens (tertiary/aromatic N) is 3. The predicted molar refractivity (Wildman–Crippen MR) is 123 cm³/mol. The maximum Gasteiger partial charge on any atom is 0.225 e. The van der Waals surface area contributed by atoms with Gasteiger partial charge in [0.1, 0.15) is 11.6 Å². The molecule has 0 unspecified atom stereocenters. The normalized spacial score (nSPS) is 15.6. The molecule has 1 N–H and O–H groups in total. The minimum absolute atomic E-state index is 0.0690. The molecule has 1 atom stereocenters. The van der Waals surface area contributed by atoms with Gasteiger partial charge < -0.3 is 14.6 Å². The second-order valence-corrected chi connectivity index (χ2v) is 8.26. The first-order valence-corrected chi connectivity index (χ1v) is 11.0. The first-order valence-electron chi connectivity index (χ1n) is 11.0. The molecule has 1 fully saturated rings. The van der Waals surface area contributed by atoms with E-state index in [1.165, 1.54) is 12.1 Å². The molecule has 7 nitrogen and oxygen atoms in total. The van der Waals surface area contributed by atoms with Crippen LogP contribution >= 0.6 is 0 Å². The molecule has 8 heteroatoms. The van der Waals surface area contributed by atoms with Crippen molar-refractivity contribution in [2.45, 2.75) is 19.5 Å². The lowest BCUT2D eigenvalue weighted by atomic mass is 10.1. The Hall–Kier alpha value is -4.20. The fraction of sp³-hybridized carbons (Fsp3) is 0.192. The highest BCUT2D eigenvalue weighted by Crippen LogP contribution is 2.25. The Morgan fingerprint density at radius 2 is 1.88 bits per heavy atom. The molecule has 2 amide bonds. The fourth-order valence-corrected chi connectivity index (χ4v) is 4.12. The van der Waals surface area contributed by atoms with Crippen LogP contribution < -0.4 is 5.32 Å². The third-order valence-electron chi connectivity index (χ3n) is 5.89. The number of aromatic nitrogens is 2. The molecule has 34 heavy (non-hydrogen) atoms. The first-order chi connectivity index (χ1) is 16.6. The van der Waals surface area contributed by atoms with Gasteiger partial charge in [-0.25, -0.2) is 9.07 Å². The predicted octanol–water partition coefficient (Wildman–Crippen LogP) is 3.94. The van der Waals surface area contributed by atoms with Crippen LogP contribution in [0.15, 0.2) is 83.6 Å². The summed E-state index contributed by atoms with van der Waals surface area (Å²) in [5.74, 6) is -0.327. The van der Waals surface area contributed by atoms with Crippen LogP contribution in [0, 0.1) is 11.7 Å². The number of amides is 2. The van der Waals surface area contributed by atoms with E-state index in [1.807, 2.05) is 42.6 Å². The fourth-order valence-electron chi connectivity index (χ4n) is 4.12. The summed E-state index contributed by atoms with van der Waals surface area (Å²) in [4.78, 5) is 26.9. The van der Waals surface area contributed by atoms with E-state index < -0.39 is 5.92 Å². The van der Waals surface area contributed by atoms with Gasteiger partial charge in [-0.05, 0) is 48.5 Å². The molecule has 1 saturated heterocycles. The summed E-state index contributed by atoms with van der Waals surface area (Å²) in [5.41, 5.74) is 3.08. The van der Waals surface area contributed by atoms with Crippen LogP contribution in [0.5, 0.6) is 0 Å². The van der Waals surface area contributed by atoms with Crippen LogP contribution in [0.1, 0.15) is 17.7 Å². The van der Waals surface area contributed by atoms with Crippen molar-refractivity contribution < 1.29 is 18.4 Å². The number of benzene rings is 2. The zero-order valence-corrected chi connectivity index (χ0v) is 18.4. The van der Waals surface area contributed by atoms with E-state index in [-0.39, 0.29) is 30.6 Å². The summed E-state index contributed by atoms with van der Waals surface area (Å²) in [7, 11) is 0. The quantitative estimate of drug-likeness (QED) is 0.455. The highest BCUT2D eigenvalue weighted by Gasteiger charge is 2.34. The lowest BCUT2D eigenvalue weighted by Gasteiger charge is -2.15. The van der Waals surface area contributed by atoms with E-state index in [9.17, 15) is 14.0 Å². The van der Waals surface area contributed by atoms with Gasteiger partial charge in [-0.3, -0.25) is 9.59 Å². The van der Waals surface area contributed by atoms with Crippen molar-refractivity contribution >= 4 is 11.8 Å². The van der Waals surface area contributed by atoms with Crippen molar-refractivity contribution in [3.8, 4) is 16.9 Å². The van der Waals surface area contributed by atoms with Gasteiger partial charge >= 0.3 is 0 Å². The number of halogens is 1. The number of carbonyl (C=O) groups is 2. The van der Waals surface area contributed by atoms with Gasteiger partial charge in [0.25, 0.3) is 0 Å². The van der Waals surface area contributed by atoms with E-state index in [0.29, 0.717) is 24.5 Å². The molecule has 0 radical (unpaired) electrons. The van der Waals surface area contributed by atoms with Crippen LogP contribution in [0.2, 0.25) is 0 Å². The second-order valence-electron chi connectivity index (χ2n) is 8.26. The Balaban J connectivity index is 1.31. The van der Waals surface area contributed by atoms with Crippen molar-refractivity contribution in [1.29, 1.82) is 0 Å². The first kappa shape index (κ1) is 21.6. The molecule has 172 valence electrons. The van der Waals surface area contributed by atoms with E-state index in [2.05, 4.69) is 5.32 Å². The van der Waals surface area contributed by atoms with E-state index in [0.717, 1.165) is 16.8 Å². The molecule has 1 aliphatic heterocycles. The summed E-state index contributed by atoms with van der Waals surface area (Å²) in [6.07, 6.45) is 3.59. The second kappa shape index (κ2) is 9.35. The molecule has 2 aromatic heterocycles. The van der Waals surface area contributed by atoms with Crippen LogP contribution in [0.4, 0.5) is 4.39 Å². The van der Waals surface area contributed by atoms with Gasteiger partial charge in [0.2, 0.25) is 11.8 Å². The average molecular weight is 458 g/mol. The maximum atomic E-state index is 13.5. The topological polar surface area (TPSA) is 80.4 Å². The third-order valence-corrected chi connectivity index (χ3v) is 5.89. The smallest absolute Gasteiger partial charge is 0.225 e. The summed E-state index contributed by atoms with van der Waals surface area (Å²) in [5, 5.41) is 7.65. The molecule has 5 rings (SSSR count). The Kier molecular flexibility index (Phi) is 5.95. The number of para-hydroxylation sites is 1. The SMILES string of the molecule is O=C(NCc1cn(-c2ccccc2)nc1-c1ccc(F)cc1)[C@@H]1CC(=O)N(Cc2ccco2)C1. The van der Waals surface area contributed by atoms with Crippen molar-refractivity contribution in [2.75, 3.05) is 6.54 Å². The number of hydrogen-bond acceptors (Lipinski definition) is 4. The molecule has 0 bridgehead atoms. The van der Waals surface area contributed by atoms with Gasteiger partial charge in [0.05, 0.1) is 30.1 Å². The molecule has 2 aromatic carbocycles. The third kappa shape index (κ3) is 4.61. The van der Waals surface area contributed by atoms with Gasteiger partial charge in [0, 0.05) is 36.8 Å². The molecule has 1 aliphatic rings. The number of likely N-dealkylation sites (tertiary alicyclic amines) is 1. The number of hydrogen-bond donors (Lipinski definition) is 1. The molecular formula is C26H23FN4O3. The number of nitrogens with one attached hydrogen (secondary N) is 1. The summed E-state index contributed by atoms with van der Waals surface area (Å²) < 4.78 is 20.5. The van der Waals surface area contributed by atoms with Crippen molar-refractivity contribution in [3.05, 3.63) is 96.3 Å². The summed E-state index contributed by atoms with van der Waals surface area (Å²) in [6.45, 7) is 0.939. The molecule has 0 aliphatic carbocycles. The number of rotatable bonds is 7. The Labute approximate surface area is 195 Å². The van der Waals surface area contributed by atoms with Gasteiger partial charge in [-0.2, -0.15) is 5.10 Å². The van der Waals surface area contributed by atoms with E-state index in [1.54, 1.807) is 34.0 Å². The van der Waals surface area contributed by atoms with Gasteiger partial charge in [-0.15, -0.1) is 0 Å². The average Bonchev–Trinajstić information content (AvgIpc) is 3.60. The van der Waals surface area contributed by atoms with Crippen molar-refractivity contribution in [2.24, 2.45) is 5.92 Å². The van der Waals surface area contributed by atoms with Crippen LogP contribution in [0.3, 0.4) is 0 Å². The highest BCUT2D eigenvalue weighted by atomic mass is 19.1. The standard InChI is InChI=1S/C26H23FN4O3/c27-21-10-8-18(9-11-21)25-20(16-31(29-25)22-5-2-1-3-6-22)14-28-26(33)19-13-24(32)30(15-19)17-23-7-4-12-34-23/h1-12,16,19H,13-15,17H2,(H,28,33)/t19-/m1/s1. The van der Waals surface area contributed by atoms with Crippen LogP contribution in [-0.4, -0.2) is 33.0 Å². The molecule has 3 heterocycles. The largest absolute Gasteiger partial charge is 0.467 e. The van der Waals surface area contributed by atoms with Crippen molar-refractivity contribution in [1.82, 2.24) is 20.0 Å². The highest BCUT2D eigenvalue weighted by molar-refractivity contribution is 5.89. The lowest BCUT2D eigenvalue weighted by Crippen LogP contribution is -2.32. The monoisotopic (exact) mass is 458 g/mol. The minimum Gasteiger partial charge on any atom is -0.467 e. The Bertz CT molecular complexity index is 1280. The van der Waals surface area contributed by atoms with Crippen LogP contribution in [0.25, 0.3) is 16.9 Å². The summed E-state index contributed by atoms with van der Waals surface area (Å²) in [6, 6.07) is 19.3. The maximum absolute atomic E-state index is 13.5. The van der Waals surface area contributed by atoms with Crippen molar-refractivity contribution in [3.63, 3.8) is 0 Å². The van der Waals surface area contributed by atoms with Gasteiger partial charge in [-0.1, -0.05) is 18.2 Å². The zero-order chi connectivity index (χ0) is 23.5. The van der Waals surface area contributed by atoms with Crippen LogP contribution in [-0.2, 0) is 22.7 Å². The zero-order valence-electron chi connectivity index (χ0n) is 18.4.